The lowest BCUT2D eigenvalue weighted by molar-refractivity contribution is 0.298. The van der Waals surface area contributed by atoms with E-state index in [-0.39, 0.29) is 17.6 Å². The van der Waals surface area contributed by atoms with Crippen LogP contribution >= 0.6 is 38.9 Å². The molecule has 4 aromatic rings. The van der Waals surface area contributed by atoms with Crippen LogP contribution in [-0.2, 0) is 12.0 Å². The first-order valence-electron chi connectivity index (χ1n) is 10.5. The lowest BCUT2D eigenvalue weighted by atomic mass is 9.95. The number of hydrogen-bond donors (Lipinski definition) is 0. The zero-order chi connectivity index (χ0) is 24.6. The first-order chi connectivity index (χ1) is 16.0. The molecule has 0 aliphatic rings. The second-order valence-corrected chi connectivity index (χ2v) is 11.0. The summed E-state index contributed by atoms with van der Waals surface area (Å²) < 4.78 is 7.71. The minimum atomic E-state index is -0.290. The maximum Gasteiger partial charge on any atom is 0.273 e. The molecule has 0 spiro atoms. The van der Waals surface area contributed by atoms with Crippen LogP contribution in [0.2, 0.25) is 5.02 Å². The highest BCUT2D eigenvalue weighted by Gasteiger charge is 2.20. The van der Waals surface area contributed by atoms with Crippen molar-refractivity contribution >= 4 is 38.9 Å². The molecule has 0 unspecified atom stereocenters. The predicted octanol–water partition coefficient (Wildman–Crippen LogP) is 6.06. The summed E-state index contributed by atoms with van der Waals surface area (Å²) in [4.78, 5) is 31.2. The van der Waals surface area contributed by atoms with Crippen LogP contribution in [0.25, 0.3) is 17.1 Å². The van der Waals surface area contributed by atoms with E-state index < -0.39 is 0 Å². The largest absolute Gasteiger partial charge is 0.486 e. The molecule has 0 aromatic carbocycles. The third kappa shape index (κ3) is 5.06. The van der Waals surface area contributed by atoms with Crippen LogP contribution in [0.5, 0.6) is 5.75 Å². The first kappa shape index (κ1) is 24.5. The normalized spacial score (nSPS) is 11.6. The van der Waals surface area contributed by atoms with E-state index in [0.29, 0.717) is 43.8 Å². The molecular formula is C24H23BrClN5O2S. The maximum absolute atomic E-state index is 13.3. The molecule has 0 amide bonds. The third-order valence-corrected chi connectivity index (χ3v) is 6.85. The van der Waals surface area contributed by atoms with Gasteiger partial charge in [0, 0.05) is 34.9 Å². The Bertz CT molecular complexity index is 1430. The molecule has 176 valence electrons. The van der Waals surface area contributed by atoms with Gasteiger partial charge in [0.25, 0.3) is 5.56 Å². The van der Waals surface area contributed by atoms with Crippen molar-refractivity contribution in [2.24, 2.45) is 0 Å². The van der Waals surface area contributed by atoms with Gasteiger partial charge in [-0.3, -0.25) is 14.3 Å². The Kier molecular flexibility index (Phi) is 6.89. The molecule has 0 aliphatic carbocycles. The van der Waals surface area contributed by atoms with Gasteiger partial charge in [0.1, 0.15) is 22.7 Å². The summed E-state index contributed by atoms with van der Waals surface area (Å²) >= 11 is 11.5. The summed E-state index contributed by atoms with van der Waals surface area (Å²) in [6, 6.07) is 5.35. The summed E-state index contributed by atoms with van der Waals surface area (Å²) in [6.07, 6.45) is 3.24. The number of nitrogens with zero attached hydrogens (tertiary/aromatic N) is 5. The van der Waals surface area contributed by atoms with Crippen molar-refractivity contribution < 1.29 is 4.74 Å². The SMILES string of the molecule is Cc1nc(COc2cc(C)n(-c3cc(-c4ccnc(C(C)(C)C)n4)ncc3Cl)c(=O)c2Br)cs1. The molecule has 0 saturated heterocycles. The number of ether oxygens (including phenoxy) is 1. The quantitative estimate of drug-likeness (QED) is 0.295. The highest BCUT2D eigenvalue weighted by atomic mass is 79.9. The molecule has 0 saturated carbocycles. The lowest BCUT2D eigenvalue weighted by Gasteiger charge is -2.18. The molecule has 34 heavy (non-hydrogen) atoms. The van der Waals surface area contributed by atoms with Gasteiger partial charge in [-0.2, -0.15) is 0 Å². The highest BCUT2D eigenvalue weighted by Crippen LogP contribution is 2.29. The van der Waals surface area contributed by atoms with E-state index in [4.69, 9.17) is 16.3 Å². The van der Waals surface area contributed by atoms with Crippen LogP contribution in [0.1, 0.15) is 43.0 Å². The summed E-state index contributed by atoms with van der Waals surface area (Å²) in [5.74, 6) is 1.15. The molecule has 0 radical (unpaired) electrons. The zero-order valence-corrected chi connectivity index (χ0v) is 22.5. The fourth-order valence-electron chi connectivity index (χ4n) is 3.31. The Hall–Kier alpha value is -2.62. The molecule has 0 atom stereocenters. The number of thiazole rings is 1. The number of halogens is 2. The van der Waals surface area contributed by atoms with Crippen molar-refractivity contribution in [3.63, 3.8) is 0 Å². The fraction of sp³-hybridized carbons (Fsp3) is 0.292. The van der Waals surface area contributed by atoms with Crippen LogP contribution in [0.15, 0.2) is 45.2 Å². The van der Waals surface area contributed by atoms with Gasteiger partial charge in [0.05, 0.1) is 32.8 Å². The lowest BCUT2D eigenvalue weighted by Crippen LogP contribution is -2.22. The summed E-state index contributed by atoms with van der Waals surface area (Å²) in [5.41, 5.74) is 2.73. The standard InChI is InChI=1S/C24H23BrClN5O2S/c1-13-8-20(33-11-15-12-34-14(2)29-15)21(25)22(32)31(13)19-9-18(28-10-16(19)26)17-6-7-27-23(30-17)24(3,4)5/h6-10,12H,11H2,1-5H3. The van der Waals surface area contributed by atoms with Crippen LogP contribution in [0.3, 0.4) is 0 Å². The Balaban J connectivity index is 1.73. The molecular weight excluding hydrogens is 538 g/mol. The molecule has 4 heterocycles. The van der Waals surface area contributed by atoms with Gasteiger partial charge in [-0.25, -0.2) is 15.0 Å². The Morgan fingerprint density at radius 3 is 2.59 bits per heavy atom. The number of aromatic nitrogens is 5. The molecule has 10 heteroatoms. The van der Waals surface area contributed by atoms with Crippen molar-refractivity contribution in [3.05, 3.63) is 78.0 Å². The molecule has 4 aromatic heterocycles. The molecule has 0 N–H and O–H groups in total. The van der Waals surface area contributed by atoms with Crippen LogP contribution in [0, 0.1) is 13.8 Å². The van der Waals surface area contributed by atoms with Crippen LogP contribution in [0.4, 0.5) is 0 Å². The van der Waals surface area contributed by atoms with Gasteiger partial charge in [0.15, 0.2) is 0 Å². The fourth-order valence-corrected chi connectivity index (χ4v) is 4.51. The smallest absolute Gasteiger partial charge is 0.273 e. The van der Waals surface area contributed by atoms with E-state index in [2.05, 4.69) is 35.9 Å². The number of rotatable bonds is 5. The minimum Gasteiger partial charge on any atom is -0.486 e. The Morgan fingerprint density at radius 1 is 1.15 bits per heavy atom. The highest BCUT2D eigenvalue weighted by molar-refractivity contribution is 9.10. The molecule has 4 rings (SSSR count). The molecule has 0 bridgehead atoms. The average molecular weight is 561 g/mol. The van der Waals surface area contributed by atoms with Crippen LogP contribution in [-0.4, -0.2) is 24.5 Å². The van der Waals surface area contributed by atoms with Gasteiger partial charge in [-0.15, -0.1) is 11.3 Å². The van der Waals surface area contributed by atoms with Crippen LogP contribution < -0.4 is 10.3 Å². The molecule has 7 nitrogen and oxygen atoms in total. The third-order valence-electron chi connectivity index (χ3n) is 5.01. The van der Waals surface area contributed by atoms with Crippen molar-refractivity contribution in [1.82, 2.24) is 24.5 Å². The molecule has 0 aliphatic heterocycles. The second kappa shape index (κ2) is 9.56. The van der Waals surface area contributed by atoms with Crippen molar-refractivity contribution in [2.75, 3.05) is 0 Å². The Labute approximate surface area is 215 Å². The minimum absolute atomic E-state index is 0.212. The van der Waals surface area contributed by atoms with Gasteiger partial charge in [0.2, 0.25) is 0 Å². The summed E-state index contributed by atoms with van der Waals surface area (Å²) in [7, 11) is 0. The van der Waals surface area contributed by atoms with E-state index in [0.717, 1.165) is 10.7 Å². The Morgan fingerprint density at radius 2 is 1.91 bits per heavy atom. The van der Waals surface area contributed by atoms with Gasteiger partial charge in [-0.1, -0.05) is 32.4 Å². The van der Waals surface area contributed by atoms with E-state index in [1.54, 1.807) is 35.7 Å². The van der Waals surface area contributed by atoms with Gasteiger partial charge < -0.3 is 4.74 Å². The monoisotopic (exact) mass is 559 g/mol. The number of hydrogen-bond acceptors (Lipinski definition) is 7. The number of pyridine rings is 2. The summed E-state index contributed by atoms with van der Waals surface area (Å²) in [6.45, 7) is 10.2. The van der Waals surface area contributed by atoms with E-state index in [1.807, 2.05) is 40.0 Å². The van der Waals surface area contributed by atoms with E-state index in [9.17, 15) is 4.79 Å². The second-order valence-electron chi connectivity index (χ2n) is 8.79. The van der Waals surface area contributed by atoms with Crippen molar-refractivity contribution in [2.45, 2.75) is 46.6 Å². The van der Waals surface area contributed by atoms with E-state index >= 15 is 0 Å². The van der Waals surface area contributed by atoms with Crippen molar-refractivity contribution in [3.8, 4) is 22.8 Å². The maximum atomic E-state index is 13.3. The topological polar surface area (TPSA) is 82.8 Å². The van der Waals surface area contributed by atoms with E-state index in [1.165, 1.54) is 10.8 Å². The predicted molar refractivity (Wildman–Crippen MR) is 138 cm³/mol. The van der Waals surface area contributed by atoms with Crippen molar-refractivity contribution in [1.29, 1.82) is 0 Å². The average Bonchev–Trinajstić information content (AvgIpc) is 3.21. The number of aryl methyl sites for hydroxylation is 2. The first-order valence-corrected chi connectivity index (χ1v) is 12.6. The van der Waals surface area contributed by atoms with Gasteiger partial charge >= 0.3 is 0 Å². The zero-order valence-electron chi connectivity index (χ0n) is 19.4. The summed E-state index contributed by atoms with van der Waals surface area (Å²) in [5, 5.41) is 3.25. The van der Waals surface area contributed by atoms with Gasteiger partial charge in [-0.05, 0) is 41.9 Å². The molecule has 0 fully saturated rings.